The monoisotopic (exact) mass is 380 g/mol. The lowest BCUT2D eigenvalue weighted by atomic mass is 9.82. The first kappa shape index (κ1) is 19.8. The molecule has 2 N–H and O–H groups in total. The third kappa shape index (κ3) is 3.21. The SMILES string of the molecule is C[C@@H](/C=C/CCO)[C@]1(O)C(=O)N(C)c2ccc(N(C=O)c3ccccc3)cc21. The molecule has 146 valence electrons. The minimum Gasteiger partial charge on any atom is -0.396 e. The number of fused-ring (bicyclic) bond motifs is 1. The fourth-order valence-corrected chi connectivity index (χ4v) is 3.57. The van der Waals surface area contributed by atoms with Crippen molar-refractivity contribution in [1.29, 1.82) is 0 Å². The standard InChI is InChI=1S/C22H24N2O4/c1-16(8-6-7-13-25)22(28)19-14-18(11-12-20(19)23(2)21(22)27)24(15-26)17-9-4-3-5-10-17/h3-6,8-12,14-16,25,28H,7,13H2,1-2H3/b8-6+/t16-,22+/m0/s1. The summed E-state index contributed by atoms with van der Waals surface area (Å²) in [6.45, 7) is 1.76. The number of carbonyl (C=O) groups is 2. The molecule has 0 fully saturated rings. The van der Waals surface area contributed by atoms with E-state index in [-0.39, 0.29) is 6.61 Å². The Balaban J connectivity index is 2.07. The molecule has 6 nitrogen and oxygen atoms in total. The normalized spacial score (nSPS) is 19.7. The zero-order valence-corrected chi connectivity index (χ0v) is 15.9. The molecule has 2 amide bonds. The van der Waals surface area contributed by atoms with Gasteiger partial charge in [-0.25, -0.2) is 0 Å². The van der Waals surface area contributed by atoms with Gasteiger partial charge in [-0.2, -0.15) is 0 Å². The first-order valence-electron chi connectivity index (χ1n) is 9.17. The minimum absolute atomic E-state index is 0.00159. The minimum atomic E-state index is -1.74. The number of amides is 2. The molecule has 0 radical (unpaired) electrons. The fourth-order valence-electron chi connectivity index (χ4n) is 3.57. The van der Waals surface area contributed by atoms with Crippen molar-refractivity contribution >= 4 is 29.4 Å². The maximum absolute atomic E-state index is 12.9. The van der Waals surface area contributed by atoms with Gasteiger partial charge in [-0.15, -0.1) is 0 Å². The number of benzene rings is 2. The highest BCUT2D eigenvalue weighted by molar-refractivity contribution is 6.07. The summed E-state index contributed by atoms with van der Waals surface area (Å²) in [5, 5.41) is 20.4. The van der Waals surface area contributed by atoms with Crippen molar-refractivity contribution in [2.45, 2.75) is 18.9 Å². The van der Waals surface area contributed by atoms with Crippen LogP contribution >= 0.6 is 0 Å². The van der Waals surface area contributed by atoms with Crippen LogP contribution in [0, 0.1) is 5.92 Å². The second-order valence-electron chi connectivity index (χ2n) is 6.87. The molecule has 3 rings (SSSR count). The van der Waals surface area contributed by atoms with E-state index in [1.54, 1.807) is 44.3 Å². The highest BCUT2D eigenvalue weighted by Gasteiger charge is 2.51. The molecular weight excluding hydrogens is 356 g/mol. The number of likely N-dealkylation sites (N-methyl/N-ethyl adjacent to an activating group) is 1. The predicted octanol–water partition coefficient (Wildman–Crippen LogP) is 2.72. The van der Waals surface area contributed by atoms with E-state index in [4.69, 9.17) is 5.11 Å². The number of carbonyl (C=O) groups excluding carboxylic acids is 2. The Bertz CT molecular complexity index is 897. The van der Waals surface area contributed by atoms with E-state index in [2.05, 4.69) is 0 Å². The number of rotatable bonds is 7. The van der Waals surface area contributed by atoms with Crippen LogP contribution in [0.4, 0.5) is 17.1 Å². The van der Waals surface area contributed by atoms with Crippen LogP contribution in [0.5, 0.6) is 0 Å². The van der Waals surface area contributed by atoms with E-state index in [1.807, 2.05) is 30.3 Å². The Morgan fingerprint density at radius 3 is 2.54 bits per heavy atom. The number of nitrogens with zero attached hydrogens (tertiary/aromatic N) is 2. The van der Waals surface area contributed by atoms with Crippen molar-refractivity contribution in [2.75, 3.05) is 23.5 Å². The van der Waals surface area contributed by atoms with Gasteiger partial charge in [-0.3, -0.25) is 14.5 Å². The molecule has 6 heteroatoms. The molecule has 1 aliphatic heterocycles. The topological polar surface area (TPSA) is 81.1 Å². The first-order valence-corrected chi connectivity index (χ1v) is 9.17. The average molecular weight is 380 g/mol. The summed E-state index contributed by atoms with van der Waals surface area (Å²) in [6.07, 6.45) is 4.64. The van der Waals surface area contributed by atoms with Crippen molar-refractivity contribution < 1.29 is 19.8 Å². The molecule has 2 aromatic carbocycles. The Labute approximate surface area is 164 Å². The maximum Gasteiger partial charge on any atom is 0.264 e. The predicted molar refractivity (Wildman–Crippen MR) is 108 cm³/mol. The Kier molecular flexibility index (Phi) is 5.63. The van der Waals surface area contributed by atoms with E-state index in [0.717, 1.165) is 0 Å². The van der Waals surface area contributed by atoms with Crippen molar-refractivity contribution in [1.82, 2.24) is 0 Å². The van der Waals surface area contributed by atoms with Gasteiger partial charge in [0.25, 0.3) is 5.91 Å². The van der Waals surface area contributed by atoms with Crippen LogP contribution in [0.2, 0.25) is 0 Å². The Hall–Kier alpha value is -2.96. The smallest absolute Gasteiger partial charge is 0.264 e. The van der Waals surface area contributed by atoms with Gasteiger partial charge in [0.05, 0.1) is 5.69 Å². The van der Waals surface area contributed by atoms with Gasteiger partial charge in [-0.1, -0.05) is 37.3 Å². The van der Waals surface area contributed by atoms with E-state index in [1.165, 1.54) is 9.80 Å². The molecule has 0 spiro atoms. The third-order valence-corrected chi connectivity index (χ3v) is 5.18. The number of hydrogen-bond donors (Lipinski definition) is 2. The highest BCUT2D eigenvalue weighted by Crippen LogP contribution is 2.46. The molecule has 2 aromatic rings. The summed E-state index contributed by atoms with van der Waals surface area (Å²) in [5.74, 6) is -0.926. The summed E-state index contributed by atoms with van der Waals surface area (Å²) in [7, 11) is 1.62. The third-order valence-electron chi connectivity index (χ3n) is 5.18. The molecule has 28 heavy (non-hydrogen) atoms. The van der Waals surface area contributed by atoms with Crippen LogP contribution < -0.4 is 9.80 Å². The number of para-hydroxylation sites is 1. The molecule has 1 heterocycles. The average Bonchev–Trinajstić information content (AvgIpc) is 2.91. The number of hydrogen-bond acceptors (Lipinski definition) is 4. The zero-order valence-electron chi connectivity index (χ0n) is 15.9. The van der Waals surface area contributed by atoms with Crippen LogP contribution in [0.3, 0.4) is 0 Å². The number of aliphatic hydroxyl groups is 2. The van der Waals surface area contributed by atoms with Gasteiger partial charge < -0.3 is 15.1 Å². The lowest BCUT2D eigenvalue weighted by Crippen LogP contribution is -2.43. The Morgan fingerprint density at radius 2 is 1.89 bits per heavy atom. The Morgan fingerprint density at radius 1 is 1.18 bits per heavy atom. The van der Waals surface area contributed by atoms with E-state index >= 15 is 0 Å². The lowest BCUT2D eigenvalue weighted by Gasteiger charge is -2.27. The van der Waals surface area contributed by atoms with Crippen molar-refractivity contribution in [3.8, 4) is 0 Å². The van der Waals surface area contributed by atoms with E-state index in [9.17, 15) is 14.7 Å². The second kappa shape index (κ2) is 7.96. The van der Waals surface area contributed by atoms with Crippen LogP contribution in [-0.2, 0) is 15.2 Å². The summed E-state index contributed by atoms with van der Waals surface area (Å²) in [4.78, 5) is 27.5. The molecule has 0 aliphatic carbocycles. The van der Waals surface area contributed by atoms with Gasteiger partial charge in [0.1, 0.15) is 0 Å². The molecule has 0 saturated carbocycles. The molecule has 1 aliphatic rings. The summed E-state index contributed by atoms with van der Waals surface area (Å²) >= 11 is 0. The summed E-state index contributed by atoms with van der Waals surface area (Å²) in [6, 6.07) is 14.3. The van der Waals surface area contributed by atoms with Crippen molar-refractivity contribution in [3.05, 3.63) is 66.2 Å². The van der Waals surface area contributed by atoms with Crippen LogP contribution in [0.25, 0.3) is 0 Å². The van der Waals surface area contributed by atoms with Crippen LogP contribution in [0.15, 0.2) is 60.7 Å². The molecule has 0 bridgehead atoms. The molecule has 2 atom stereocenters. The number of aliphatic hydroxyl groups excluding tert-OH is 1. The van der Waals surface area contributed by atoms with Crippen LogP contribution in [0.1, 0.15) is 18.9 Å². The molecular formula is C22H24N2O4. The van der Waals surface area contributed by atoms with Crippen molar-refractivity contribution in [2.24, 2.45) is 5.92 Å². The molecule has 0 aromatic heterocycles. The van der Waals surface area contributed by atoms with E-state index in [0.29, 0.717) is 35.5 Å². The number of anilines is 3. The first-order chi connectivity index (χ1) is 13.4. The van der Waals surface area contributed by atoms with Gasteiger partial charge in [-0.05, 0) is 36.8 Å². The van der Waals surface area contributed by atoms with E-state index < -0.39 is 17.4 Å². The van der Waals surface area contributed by atoms with Gasteiger partial charge >= 0.3 is 0 Å². The molecule has 0 unspecified atom stereocenters. The van der Waals surface area contributed by atoms with Crippen LogP contribution in [-0.4, -0.2) is 36.2 Å². The summed E-state index contributed by atoms with van der Waals surface area (Å²) < 4.78 is 0. The lowest BCUT2D eigenvalue weighted by molar-refractivity contribution is -0.139. The van der Waals surface area contributed by atoms with Gasteiger partial charge in [0, 0.05) is 36.5 Å². The maximum atomic E-state index is 12.9. The second-order valence-corrected chi connectivity index (χ2v) is 6.87. The quantitative estimate of drug-likeness (QED) is 0.572. The zero-order chi connectivity index (χ0) is 20.3. The van der Waals surface area contributed by atoms with Gasteiger partial charge in [0.2, 0.25) is 6.41 Å². The fraction of sp³-hybridized carbons (Fsp3) is 0.273. The van der Waals surface area contributed by atoms with Gasteiger partial charge in [0.15, 0.2) is 5.60 Å². The largest absolute Gasteiger partial charge is 0.396 e. The highest BCUT2D eigenvalue weighted by atomic mass is 16.3. The molecule has 0 saturated heterocycles. The van der Waals surface area contributed by atoms with Crippen molar-refractivity contribution in [3.63, 3.8) is 0 Å². The summed E-state index contributed by atoms with van der Waals surface area (Å²) in [5.41, 5.74) is 0.582.